The van der Waals surface area contributed by atoms with Crippen LogP contribution in [0.3, 0.4) is 0 Å². The highest BCUT2D eigenvalue weighted by Gasteiger charge is 2.34. The first-order valence-corrected chi connectivity index (χ1v) is 6.87. The molecule has 0 aliphatic carbocycles. The van der Waals surface area contributed by atoms with Gasteiger partial charge in [-0.2, -0.15) is 0 Å². The summed E-state index contributed by atoms with van der Waals surface area (Å²) < 4.78 is 5.16. The standard InChI is InChI=1S/C17H21NO2/c1-4-15(16-7-5-6-12-18-16)17(2,19)13-8-10-14(20-3)11-9-13/h5-12,15,19H,4H2,1-3H3/t15-,17-/m0/s1. The fourth-order valence-electron chi connectivity index (χ4n) is 2.61. The summed E-state index contributed by atoms with van der Waals surface area (Å²) >= 11 is 0. The van der Waals surface area contributed by atoms with Gasteiger partial charge in [-0.25, -0.2) is 0 Å². The zero-order valence-corrected chi connectivity index (χ0v) is 12.2. The topological polar surface area (TPSA) is 42.4 Å². The van der Waals surface area contributed by atoms with Gasteiger partial charge in [-0.15, -0.1) is 0 Å². The molecule has 0 saturated carbocycles. The average Bonchev–Trinajstić information content (AvgIpc) is 2.49. The quantitative estimate of drug-likeness (QED) is 0.905. The Hall–Kier alpha value is -1.87. The Labute approximate surface area is 120 Å². The highest BCUT2D eigenvalue weighted by atomic mass is 16.5. The second kappa shape index (κ2) is 6.06. The van der Waals surface area contributed by atoms with Gasteiger partial charge in [0.15, 0.2) is 0 Å². The number of hydrogen-bond acceptors (Lipinski definition) is 3. The Kier molecular flexibility index (Phi) is 4.40. The van der Waals surface area contributed by atoms with Gasteiger partial charge < -0.3 is 9.84 Å². The Morgan fingerprint density at radius 3 is 2.40 bits per heavy atom. The van der Waals surface area contributed by atoms with E-state index in [2.05, 4.69) is 11.9 Å². The lowest BCUT2D eigenvalue weighted by Crippen LogP contribution is -2.30. The van der Waals surface area contributed by atoms with Crippen LogP contribution >= 0.6 is 0 Å². The molecule has 0 aliphatic heterocycles. The van der Waals surface area contributed by atoms with Gasteiger partial charge in [-0.3, -0.25) is 4.98 Å². The van der Waals surface area contributed by atoms with Crippen LogP contribution < -0.4 is 4.74 Å². The van der Waals surface area contributed by atoms with Crippen LogP contribution in [0.2, 0.25) is 0 Å². The summed E-state index contributed by atoms with van der Waals surface area (Å²) in [7, 11) is 1.63. The molecule has 106 valence electrons. The molecule has 0 fully saturated rings. The van der Waals surface area contributed by atoms with Gasteiger partial charge in [0.25, 0.3) is 0 Å². The molecule has 20 heavy (non-hydrogen) atoms. The van der Waals surface area contributed by atoms with E-state index in [1.54, 1.807) is 13.3 Å². The van der Waals surface area contributed by atoms with Gasteiger partial charge in [0.05, 0.1) is 12.7 Å². The molecular weight excluding hydrogens is 250 g/mol. The maximum absolute atomic E-state index is 11.0. The van der Waals surface area contributed by atoms with E-state index in [0.29, 0.717) is 0 Å². The van der Waals surface area contributed by atoms with Crippen molar-refractivity contribution in [2.75, 3.05) is 7.11 Å². The van der Waals surface area contributed by atoms with Gasteiger partial charge in [0.1, 0.15) is 5.75 Å². The highest BCUT2D eigenvalue weighted by Crippen LogP contribution is 2.38. The Morgan fingerprint density at radius 2 is 1.90 bits per heavy atom. The van der Waals surface area contributed by atoms with Crippen LogP contribution in [-0.4, -0.2) is 17.2 Å². The zero-order chi connectivity index (χ0) is 14.6. The predicted molar refractivity (Wildman–Crippen MR) is 79.8 cm³/mol. The van der Waals surface area contributed by atoms with Crippen LogP contribution in [-0.2, 0) is 5.60 Å². The van der Waals surface area contributed by atoms with Gasteiger partial charge in [0.2, 0.25) is 0 Å². The fraction of sp³-hybridized carbons (Fsp3) is 0.353. The molecule has 2 aromatic rings. The number of pyridine rings is 1. The third-order valence-corrected chi connectivity index (χ3v) is 3.81. The number of aliphatic hydroxyl groups is 1. The number of nitrogens with zero attached hydrogens (tertiary/aromatic N) is 1. The van der Waals surface area contributed by atoms with E-state index in [4.69, 9.17) is 4.74 Å². The minimum absolute atomic E-state index is 0.0444. The molecule has 1 aromatic carbocycles. The second-order valence-corrected chi connectivity index (χ2v) is 5.09. The number of benzene rings is 1. The van der Waals surface area contributed by atoms with Crippen LogP contribution in [0, 0.1) is 0 Å². The maximum Gasteiger partial charge on any atom is 0.118 e. The summed E-state index contributed by atoms with van der Waals surface area (Å²) in [5, 5.41) is 11.0. The molecule has 0 saturated heterocycles. The summed E-state index contributed by atoms with van der Waals surface area (Å²) in [4.78, 5) is 4.39. The van der Waals surface area contributed by atoms with E-state index in [9.17, 15) is 5.11 Å². The molecule has 0 unspecified atom stereocenters. The lowest BCUT2D eigenvalue weighted by molar-refractivity contribution is 0.0235. The van der Waals surface area contributed by atoms with Crippen molar-refractivity contribution in [2.45, 2.75) is 31.8 Å². The predicted octanol–water partition coefficient (Wildman–Crippen LogP) is 3.49. The summed E-state index contributed by atoms with van der Waals surface area (Å²) in [6.45, 7) is 3.91. The molecule has 0 spiro atoms. The largest absolute Gasteiger partial charge is 0.497 e. The van der Waals surface area contributed by atoms with Gasteiger partial charge in [-0.05, 0) is 43.2 Å². The molecule has 2 rings (SSSR count). The highest BCUT2D eigenvalue weighted by molar-refractivity contribution is 5.33. The third-order valence-electron chi connectivity index (χ3n) is 3.81. The molecule has 3 heteroatoms. The summed E-state index contributed by atoms with van der Waals surface area (Å²) in [6.07, 6.45) is 2.58. The van der Waals surface area contributed by atoms with Crippen LogP contribution in [0.25, 0.3) is 0 Å². The monoisotopic (exact) mass is 271 g/mol. The Balaban J connectivity index is 2.35. The second-order valence-electron chi connectivity index (χ2n) is 5.09. The first-order chi connectivity index (χ1) is 9.59. The molecule has 0 radical (unpaired) electrons. The molecular formula is C17H21NO2. The molecule has 1 N–H and O–H groups in total. The number of hydrogen-bond donors (Lipinski definition) is 1. The minimum atomic E-state index is -0.963. The molecule has 1 heterocycles. The average molecular weight is 271 g/mol. The summed E-state index contributed by atoms with van der Waals surface area (Å²) in [6, 6.07) is 13.4. The van der Waals surface area contributed by atoms with Crippen molar-refractivity contribution in [3.63, 3.8) is 0 Å². The number of aromatic nitrogens is 1. The van der Waals surface area contributed by atoms with E-state index in [-0.39, 0.29) is 5.92 Å². The van der Waals surface area contributed by atoms with Crippen LogP contribution in [0.15, 0.2) is 48.7 Å². The summed E-state index contributed by atoms with van der Waals surface area (Å²) in [5.41, 5.74) is 0.821. The smallest absolute Gasteiger partial charge is 0.118 e. The fourth-order valence-corrected chi connectivity index (χ4v) is 2.61. The molecule has 0 bridgehead atoms. The molecule has 3 nitrogen and oxygen atoms in total. The van der Waals surface area contributed by atoms with Crippen LogP contribution in [0.5, 0.6) is 5.75 Å². The van der Waals surface area contributed by atoms with Crippen molar-refractivity contribution in [3.8, 4) is 5.75 Å². The Bertz CT molecular complexity index is 535. The maximum atomic E-state index is 11.0. The molecule has 2 atom stereocenters. The van der Waals surface area contributed by atoms with E-state index in [1.807, 2.05) is 49.4 Å². The van der Waals surface area contributed by atoms with E-state index in [0.717, 1.165) is 23.4 Å². The first-order valence-electron chi connectivity index (χ1n) is 6.87. The van der Waals surface area contributed by atoms with Gasteiger partial charge in [0, 0.05) is 17.8 Å². The van der Waals surface area contributed by atoms with Crippen molar-refractivity contribution in [3.05, 3.63) is 59.9 Å². The third kappa shape index (κ3) is 2.83. The number of rotatable bonds is 5. The minimum Gasteiger partial charge on any atom is -0.497 e. The Morgan fingerprint density at radius 1 is 1.20 bits per heavy atom. The number of methoxy groups -OCH3 is 1. The number of ether oxygens (including phenoxy) is 1. The first kappa shape index (κ1) is 14.5. The lowest BCUT2D eigenvalue weighted by atomic mass is 9.79. The van der Waals surface area contributed by atoms with Crippen molar-refractivity contribution < 1.29 is 9.84 Å². The van der Waals surface area contributed by atoms with E-state index in [1.165, 1.54) is 0 Å². The lowest BCUT2D eigenvalue weighted by Gasteiger charge is -2.32. The van der Waals surface area contributed by atoms with E-state index >= 15 is 0 Å². The van der Waals surface area contributed by atoms with E-state index < -0.39 is 5.60 Å². The van der Waals surface area contributed by atoms with Crippen molar-refractivity contribution in [1.82, 2.24) is 4.98 Å². The van der Waals surface area contributed by atoms with Crippen LogP contribution in [0.1, 0.15) is 37.4 Å². The molecule has 1 aromatic heterocycles. The van der Waals surface area contributed by atoms with Gasteiger partial charge >= 0.3 is 0 Å². The molecule has 0 aliphatic rings. The zero-order valence-electron chi connectivity index (χ0n) is 12.2. The van der Waals surface area contributed by atoms with Crippen molar-refractivity contribution >= 4 is 0 Å². The summed E-state index contributed by atoms with van der Waals surface area (Å²) in [5.74, 6) is 0.743. The van der Waals surface area contributed by atoms with Crippen molar-refractivity contribution in [1.29, 1.82) is 0 Å². The van der Waals surface area contributed by atoms with Gasteiger partial charge in [-0.1, -0.05) is 25.1 Å². The SMILES string of the molecule is CC[C@@H](c1ccccn1)[C@@](C)(O)c1ccc(OC)cc1. The van der Waals surface area contributed by atoms with Crippen molar-refractivity contribution in [2.24, 2.45) is 0 Å². The van der Waals surface area contributed by atoms with Crippen LogP contribution in [0.4, 0.5) is 0 Å². The molecule has 0 amide bonds. The normalized spacial score (nSPS) is 15.4.